The number of rotatable bonds is 6. The molecule has 84 valence electrons. The van der Waals surface area contributed by atoms with Crippen LogP contribution in [0.4, 0.5) is 0 Å². The molecular formula is C12H19NO2. The molecular weight excluding hydrogens is 190 g/mol. The molecule has 15 heavy (non-hydrogen) atoms. The smallest absolute Gasteiger partial charge is 0.119 e. The maximum atomic E-state index is 5.65. The molecule has 1 aromatic carbocycles. The van der Waals surface area contributed by atoms with Gasteiger partial charge in [-0.2, -0.15) is 0 Å². The lowest BCUT2D eigenvalue weighted by Gasteiger charge is -2.17. The molecule has 0 amide bonds. The van der Waals surface area contributed by atoms with Crippen LogP contribution >= 0.6 is 0 Å². The van der Waals surface area contributed by atoms with Crippen molar-refractivity contribution in [2.75, 3.05) is 27.3 Å². The van der Waals surface area contributed by atoms with Crippen LogP contribution in [0, 0.1) is 0 Å². The second-order valence-corrected chi connectivity index (χ2v) is 3.28. The predicted molar refractivity (Wildman–Crippen MR) is 61.3 cm³/mol. The number of nitrogens with one attached hydrogen (secondary N) is 1. The Balaban J connectivity index is 2.79. The van der Waals surface area contributed by atoms with Gasteiger partial charge in [0.15, 0.2) is 0 Å². The average molecular weight is 209 g/mol. The van der Waals surface area contributed by atoms with Crippen molar-refractivity contribution < 1.29 is 9.47 Å². The molecule has 0 spiro atoms. The van der Waals surface area contributed by atoms with Crippen LogP contribution in [0.2, 0.25) is 0 Å². The van der Waals surface area contributed by atoms with Crippen molar-refractivity contribution in [1.29, 1.82) is 0 Å². The van der Waals surface area contributed by atoms with E-state index >= 15 is 0 Å². The lowest BCUT2D eigenvalue weighted by molar-refractivity contribution is 0.0636. The zero-order chi connectivity index (χ0) is 11.1. The molecule has 1 atom stereocenters. The first kappa shape index (κ1) is 12.0. The van der Waals surface area contributed by atoms with Crippen LogP contribution in [0.15, 0.2) is 24.3 Å². The third-order valence-corrected chi connectivity index (χ3v) is 2.22. The van der Waals surface area contributed by atoms with Crippen LogP contribution in [0.1, 0.15) is 18.6 Å². The van der Waals surface area contributed by atoms with Crippen LogP contribution in [0.25, 0.3) is 0 Å². The summed E-state index contributed by atoms with van der Waals surface area (Å²) < 4.78 is 10.8. The lowest BCUT2D eigenvalue weighted by atomic mass is 10.1. The number of hydrogen-bond acceptors (Lipinski definition) is 3. The zero-order valence-electron chi connectivity index (χ0n) is 9.62. The van der Waals surface area contributed by atoms with Gasteiger partial charge in [-0.3, -0.25) is 0 Å². The molecule has 0 aliphatic heterocycles. The van der Waals surface area contributed by atoms with Gasteiger partial charge in [0, 0.05) is 13.2 Å². The van der Waals surface area contributed by atoms with Gasteiger partial charge in [-0.1, -0.05) is 12.1 Å². The number of benzene rings is 1. The van der Waals surface area contributed by atoms with Crippen molar-refractivity contribution >= 4 is 0 Å². The Hall–Kier alpha value is -1.06. The third kappa shape index (κ3) is 3.53. The van der Waals surface area contributed by atoms with Crippen molar-refractivity contribution in [3.63, 3.8) is 0 Å². The van der Waals surface area contributed by atoms with Gasteiger partial charge in [-0.15, -0.1) is 0 Å². The Labute approximate surface area is 91.4 Å². The quantitative estimate of drug-likeness (QED) is 0.777. The Morgan fingerprint density at radius 1 is 1.40 bits per heavy atom. The summed E-state index contributed by atoms with van der Waals surface area (Å²) in [5.74, 6) is 0.869. The second kappa shape index (κ2) is 6.43. The maximum absolute atomic E-state index is 5.65. The van der Waals surface area contributed by atoms with Gasteiger partial charge in [-0.25, -0.2) is 0 Å². The first-order chi connectivity index (χ1) is 7.31. The summed E-state index contributed by atoms with van der Waals surface area (Å²) in [6, 6.07) is 7.99. The first-order valence-electron chi connectivity index (χ1n) is 5.22. The summed E-state index contributed by atoms with van der Waals surface area (Å²) in [4.78, 5) is 0. The largest absolute Gasteiger partial charge is 0.497 e. The van der Waals surface area contributed by atoms with E-state index in [1.807, 2.05) is 32.2 Å². The van der Waals surface area contributed by atoms with Crippen LogP contribution < -0.4 is 10.1 Å². The van der Waals surface area contributed by atoms with Gasteiger partial charge < -0.3 is 14.8 Å². The summed E-state index contributed by atoms with van der Waals surface area (Å²) in [7, 11) is 3.60. The number of ether oxygens (including phenoxy) is 2. The molecule has 1 aromatic rings. The van der Waals surface area contributed by atoms with E-state index < -0.39 is 0 Å². The van der Waals surface area contributed by atoms with Crippen molar-refractivity contribution in [2.45, 2.75) is 13.0 Å². The van der Waals surface area contributed by atoms with Crippen LogP contribution in [0.5, 0.6) is 5.75 Å². The van der Waals surface area contributed by atoms with Crippen molar-refractivity contribution in [2.24, 2.45) is 0 Å². The Kier molecular flexibility index (Phi) is 5.15. The molecule has 3 nitrogen and oxygen atoms in total. The molecule has 1 N–H and O–H groups in total. The van der Waals surface area contributed by atoms with Gasteiger partial charge >= 0.3 is 0 Å². The fourth-order valence-corrected chi connectivity index (χ4v) is 1.50. The summed E-state index contributed by atoms with van der Waals surface area (Å²) >= 11 is 0. The highest BCUT2D eigenvalue weighted by atomic mass is 16.5. The highest BCUT2D eigenvalue weighted by Gasteiger charge is 2.10. The van der Waals surface area contributed by atoms with E-state index in [0.717, 1.165) is 17.9 Å². The Morgan fingerprint density at radius 3 is 2.80 bits per heavy atom. The van der Waals surface area contributed by atoms with Crippen LogP contribution in [-0.2, 0) is 4.74 Å². The van der Waals surface area contributed by atoms with E-state index in [1.54, 1.807) is 7.11 Å². The molecule has 0 aromatic heterocycles. The first-order valence-corrected chi connectivity index (χ1v) is 5.22. The molecule has 0 saturated carbocycles. The van der Waals surface area contributed by atoms with Crippen molar-refractivity contribution in [1.82, 2.24) is 5.32 Å². The van der Waals surface area contributed by atoms with Gasteiger partial charge in [0.25, 0.3) is 0 Å². The number of methoxy groups -OCH3 is 1. The molecule has 0 fully saturated rings. The van der Waals surface area contributed by atoms with E-state index in [1.165, 1.54) is 0 Å². The van der Waals surface area contributed by atoms with Crippen molar-refractivity contribution in [3.05, 3.63) is 29.8 Å². The minimum Gasteiger partial charge on any atom is -0.497 e. The highest BCUT2D eigenvalue weighted by Crippen LogP contribution is 2.21. The zero-order valence-corrected chi connectivity index (χ0v) is 9.62. The summed E-state index contributed by atoms with van der Waals surface area (Å²) in [5.41, 5.74) is 1.14. The number of likely N-dealkylation sites (N-methyl/N-ethyl adjacent to an activating group) is 1. The van der Waals surface area contributed by atoms with Gasteiger partial charge in [-0.05, 0) is 31.7 Å². The van der Waals surface area contributed by atoms with Gasteiger partial charge in [0.2, 0.25) is 0 Å². The van der Waals surface area contributed by atoms with Gasteiger partial charge in [0.05, 0.1) is 13.2 Å². The van der Waals surface area contributed by atoms with Crippen LogP contribution in [0.3, 0.4) is 0 Å². The van der Waals surface area contributed by atoms with Crippen LogP contribution in [-0.4, -0.2) is 27.3 Å². The second-order valence-electron chi connectivity index (χ2n) is 3.28. The Morgan fingerprint density at radius 2 is 2.20 bits per heavy atom. The van der Waals surface area contributed by atoms with E-state index in [4.69, 9.17) is 9.47 Å². The Bertz CT molecular complexity index is 283. The molecule has 0 saturated heterocycles. The van der Waals surface area contributed by atoms with Gasteiger partial charge in [0.1, 0.15) is 5.75 Å². The fraction of sp³-hybridized carbons (Fsp3) is 0.500. The molecule has 0 heterocycles. The van der Waals surface area contributed by atoms with E-state index in [-0.39, 0.29) is 6.10 Å². The minimum absolute atomic E-state index is 0.0927. The maximum Gasteiger partial charge on any atom is 0.119 e. The molecule has 0 aliphatic rings. The standard InChI is InChI=1S/C12H19NO2/c1-4-15-12(9-13-2)10-6-5-7-11(8-10)14-3/h5-8,12-13H,4,9H2,1-3H3/t12-/m0/s1. The van der Waals surface area contributed by atoms with E-state index in [2.05, 4.69) is 11.4 Å². The SMILES string of the molecule is CCO[C@@H](CNC)c1cccc(OC)c1. The van der Waals surface area contributed by atoms with E-state index in [0.29, 0.717) is 6.61 Å². The third-order valence-electron chi connectivity index (χ3n) is 2.22. The molecule has 3 heteroatoms. The molecule has 0 bridgehead atoms. The molecule has 0 aliphatic carbocycles. The van der Waals surface area contributed by atoms with E-state index in [9.17, 15) is 0 Å². The summed E-state index contributed by atoms with van der Waals surface area (Å²) in [6.07, 6.45) is 0.0927. The normalized spacial score (nSPS) is 12.5. The molecule has 0 radical (unpaired) electrons. The predicted octanol–water partition coefficient (Wildman–Crippen LogP) is 1.99. The highest BCUT2D eigenvalue weighted by molar-refractivity contribution is 5.30. The average Bonchev–Trinajstić information content (AvgIpc) is 2.29. The monoisotopic (exact) mass is 209 g/mol. The summed E-state index contributed by atoms with van der Waals surface area (Å²) in [6.45, 7) is 3.52. The topological polar surface area (TPSA) is 30.5 Å². The molecule has 1 rings (SSSR count). The summed E-state index contributed by atoms with van der Waals surface area (Å²) in [5, 5.41) is 3.12. The van der Waals surface area contributed by atoms with Crippen molar-refractivity contribution in [3.8, 4) is 5.75 Å². The number of hydrogen-bond donors (Lipinski definition) is 1. The fourth-order valence-electron chi connectivity index (χ4n) is 1.50. The minimum atomic E-state index is 0.0927. The molecule has 0 unspecified atom stereocenters. The lowest BCUT2D eigenvalue weighted by Crippen LogP contribution is -2.19.